The van der Waals surface area contributed by atoms with Crippen molar-refractivity contribution in [1.29, 1.82) is 0 Å². The van der Waals surface area contributed by atoms with E-state index < -0.39 is 0 Å². The maximum Gasteiger partial charge on any atom is 0.129 e. The zero-order chi connectivity index (χ0) is 13.1. The highest BCUT2D eigenvalue weighted by Gasteiger charge is 2.19. The van der Waals surface area contributed by atoms with Gasteiger partial charge in [-0.25, -0.2) is 9.97 Å². The minimum Gasteiger partial charge on any atom is -0.381 e. The van der Waals surface area contributed by atoms with Gasteiger partial charge in [-0.15, -0.1) is 0 Å². The molecule has 2 N–H and O–H groups in total. The average molecular weight is 249 g/mol. The van der Waals surface area contributed by atoms with Gasteiger partial charge in [-0.05, 0) is 44.2 Å². The standard InChI is InChI=1S/C14H23N3O/c1-9(7-15)14-10(2)16-13(17-11(14)3)6-12-4-5-18-8-12/h9,12H,4-8,15H2,1-3H3. The molecule has 0 amide bonds. The maximum atomic E-state index is 5.74. The van der Waals surface area contributed by atoms with E-state index in [1.807, 2.05) is 0 Å². The molecule has 2 heterocycles. The number of aryl methyl sites for hydroxylation is 2. The van der Waals surface area contributed by atoms with Crippen molar-refractivity contribution >= 4 is 0 Å². The van der Waals surface area contributed by atoms with Crippen LogP contribution in [0.15, 0.2) is 0 Å². The van der Waals surface area contributed by atoms with Crippen LogP contribution in [0, 0.1) is 19.8 Å². The van der Waals surface area contributed by atoms with Gasteiger partial charge in [0.25, 0.3) is 0 Å². The van der Waals surface area contributed by atoms with Gasteiger partial charge in [0.2, 0.25) is 0 Å². The van der Waals surface area contributed by atoms with E-state index in [0.29, 0.717) is 18.4 Å². The smallest absolute Gasteiger partial charge is 0.129 e. The Morgan fingerprint density at radius 1 is 1.33 bits per heavy atom. The lowest BCUT2D eigenvalue weighted by molar-refractivity contribution is 0.185. The molecule has 0 aliphatic carbocycles. The number of nitrogens with zero attached hydrogens (tertiary/aromatic N) is 2. The molecule has 0 radical (unpaired) electrons. The zero-order valence-electron chi connectivity index (χ0n) is 11.6. The van der Waals surface area contributed by atoms with E-state index in [2.05, 4.69) is 30.7 Å². The number of nitrogens with two attached hydrogens (primary N) is 1. The van der Waals surface area contributed by atoms with Gasteiger partial charge in [-0.2, -0.15) is 0 Å². The average Bonchev–Trinajstić information content (AvgIpc) is 2.80. The summed E-state index contributed by atoms with van der Waals surface area (Å²) in [5, 5.41) is 0. The second-order valence-electron chi connectivity index (χ2n) is 5.29. The Kier molecular flexibility index (Phi) is 4.30. The van der Waals surface area contributed by atoms with Crippen molar-refractivity contribution in [2.75, 3.05) is 19.8 Å². The van der Waals surface area contributed by atoms with Crippen LogP contribution in [0.5, 0.6) is 0 Å². The first-order valence-corrected chi connectivity index (χ1v) is 6.73. The number of aromatic nitrogens is 2. The van der Waals surface area contributed by atoms with E-state index in [4.69, 9.17) is 10.5 Å². The molecule has 100 valence electrons. The summed E-state index contributed by atoms with van der Waals surface area (Å²) in [4.78, 5) is 9.29. The summed E-state index contributed by atoms with van der Waals surface area (Å²) >= 11 is 0. The lowest BCUT2D eigenvalue weighted by Gasteiger charge is -2.16. The zero-order valence-corrected chi connectivity index (χ0v) is 11.6. The predicted octanol–water partition coefficient (Wildman–Crippen LogP) is 1.73. The van der Waals surface area contributed by atoms with Gasteiger partial charge in [0.1, 0.15) is 5.82 Å². The molecule has 0 spiro atoms. The van der Waals surface area contributed by atoms with Crippen LogP contribution < -0.4 is 5.73 Å². The summed E-state index contributed by atoms with van der Waals surface area (Å²) in [5.74, 6) is 1.86. The second kappa shape index (κ2) is 5.76. The molecule has 1 saturated heterocycles. The largest absolute Gasteiger partial charge is 0.381 e. The molecule has 0 aromatic carbocycles. The minimum absolute atomic E-state index is 0.328. The first-order chi connectivity index (χ1) is 8.61. The highest BCUT2D eigenvalue weighted by atomic mass is 16.5. The first kappa shape index (κ1) is 13.4. The van der Waals surface area contributed by atoms with Gasteiger partial charge in [0.05, 0.1) is 0 Å². The lowest BCUT2D eigenvalue weighted by Crippen LogP contribution is -2.16. The molecule has 1 aliphatic heterocycles. The summed E-state index contributed by atoms with van der Waals surface area (Å²) in [5.41, 5.74) is 9.11. The van der Waals surface area contributed by atoms with Crippen LogP contribution in [0.25, 0.3) is 0 Å². The van der Waals surface area contributed by atoms with Gasteiger partial charge in [0.15, 0.2) is 0 Å². The fourth-order valence-electron chi connectivity index (χ4n) is 2.72. The monoisotopic (exact) mass is 249 g/mol. The first-order valence-electron chi connectivity index (χ1n) is 6.73. The molecule has 1 fully saturated rings. The van der Waals surface area contributed by atoms with Gasteiger partial charge >= 0.3 is 0 Å². The normalized spacial score (nSPS) is 21.2. The van der Waals surface area contributed by atoms with E-state index in [1.54, 1.807) is 0 Å². The number of hydrogen-bond acceptors (Lipinski definition) is 4. The van der Waals surface area contributed by atoms with Gasteiger partial charge in [-0.3, -0.25) is 0 Å². The summed E-state index contributed by atoms with van der Waals surface area (Å²) in [6.07, 6.45) is 2.06. The van der Waals surface area contributed by atoms with Crippen molar-refractivity contribution in [1.82, 2.24) is 9.97 Å². The van der Waals surface area contributed by atoms with Crippen LogP contribution in [0.3, 0.4) is 0 Å². The SMILES string of the molecule is Cc1nc(CC2CCOC2)nc(C)c1C(C)CN. The lowest BCUT2D eigenvalue weighted by atomic mass is 9.97. The van der Waals surface area contributed by atoms with Crippen LogP contribution in [-0.2, 0) is 11.2 Å². The summed E-state index contributed by atoms with van der Waals surface area (Å²) in [6, 6.07) is 0. The number of hydrogen-bond donors (Lipinski definition) is 1. The van der Waals surface area contributed by atoms with Gasteiger partial charge < -0.3 is 10.5 Å². The van der Waals surface area contributed by atoms with Crippen molar-refractivity contribution in [3.05, 3.63) is 22.8 Å². The molecule has 0 bridgehead atoms. The van der Waals surface area contributed by atoms with Crippen molar-refractivity contribution in [2.24, 2.45) is 11.7 Å². The maximum absolute atomic E-state index is 5.74. The predicted molar refractivity (Wildman–Crippen MR) is 71.6 cm³/mol. The van der Waals surface area contributed by atoms with Gasteiger partial charge in [0, 0.05) is 31.0 Å². The molecule has 1 aliphatic rings. The van der Waals surface area contributed by atoms with Crippen molar-refractivity contribution in [2.45, 2.75) is 39.5 Å². The molecular formula is C14H23N3O. The van der Waals surface area contributed by atoms with Crippen LogP contribution in [0.1, 0.15) is 42.0 Å². The third-order valence-electron chi connectivity index (χ3n) is 3.71. The highest BCUT2D eigenvalue weighted by molar-refractivity contribution is 5.28. The molecular weight excluding hydrogens is 226 g/mol. The third kappa shape index (κ3) is 2.87. The van der Waals surface area contributed by atoms with Crippen LogP contribution in [0.2, 0.25) is 0 Å². The molecule has 0 saturated carbocycles. The van der Waals surface area contributed by atoms with Crippen LogP contribution >= 0.6 is 0 Å². The van der Waals surface area contributed by atoms with Crippen LogP contribution in [0.4, 0.5) is 0 Å². The summed E-state index contributed by atoms with van der Waals surface area (Å²) in [7, 11) is 0. The Bertz CT molecular complexity index is 390. The molecule has 4 nitrogen and oxygen atoms in total. The Labute approximate surface area is 109 Å². The Morgan fingerprint density at radius 2 is 2.00 bits per heavy atom. The van der Waals surface area contributed by atoms with E-state index in [-0.39, 0.29) is 0 Å². The molecule has 2 rings (SSSR count). The molecule has 4 heteroatoms. The summed E-state index contributed by atoms with van der Waals surface area (Å²) < 4.78 is 5.40. The van der Waals surface area contributed by atoms with E-state index >= 15 is 0 Å². The van der Waals surface area contributed by atoms with E-state index in [1.165, 1.54) is 5.56 Å². The molecule has 2 unspecified atom stereocenters. The number of rotatable bonds is 4. The molecule has 1 aromatic rings. The quantitative estimate of drug-likeness (QED) is 0.883. The molecule has 1 aromatic heterocycles. The van der Waals surface area contributed by atoms with Crippen molar-refractivity contribution in [3.63, 3.8) is 0 Å². The third-order valence-corrected chi connectivity index (χ3v) is 3.71. The topological polar surface area (TPSA) is 61.0 Å². The fourth-order valence-corrected chi connectivity index (χ4v) is 2.72. The Balaban J connectivity index is 2.18. The Hall–Kier alpha value is -1.00. The van der Waals surface area contributed by atoms with Crippen LogP contribution in [-0.4, -0.2) is 29.7 Å². The Morgan fingerprint density at radius 3 is 2.50 bits per heavy atom. The highest BCUT2D eigenvalue weighted by Crippen LogP contribution is 2.22. The molecule has 2 atom stereocenters. The molecule has 18 heavy (non-hydrogen) atoms. The van der Waals surface area contributed by atoms with E-state index in [0.717, 1.165) is 43.3 Å². The van der Waals surface area contributed by atoms with Gasteiger partial charge in [-0.1, -0.05) is 6.92 Å². The summed E-state index contributed by atoms with van der Waals surface area (Å²) in [6.45, 7) is 8.62. The fraction of sp³-hybridized carbons (Fsp3) is 0.714. The second-order valence-corrected chi connectivity index (χ2v) is 5.29. The number of ether oxygens (including phenoxy) is 1. The van der Waals surface area contributed by atoms with E-state index in [9.17, 15) is 0 Å². The minimum atomic E-state index is 0.328. The van der Waals surface area contributed by atoms with Crippen molar-refractivity contribution < 1.29 is 4.74 Å². The van der Waals surface area contributed by atoms with Crippen molar-refractivity contribution in [3.8, 4) is 0 Å².